The zero-order valence-electron chi connectivity index (χ0n) is 13.0. The fraction of sp³-hybridized carbons (Fsp3) is 0.933. The van der Waals surface area contributed by atoms with Gasteiger partial charge in [0.2, 0.25) is 5.91 Å². The SMILES string of the molecule is COCC(=O)NC1COCCC12CCN(C(C)C)CC2. The average Bonchev–Trinajstić information content (AvgIpc) is 2.42. The van der Waals surface area contributed by atoms with E-state index in [-0.39, 0.29) is 24.0 Å². The zero-order valence-corrected chi connectivity index (χ0v) is 13.0. The molecule has 116 valence electrons. The lowest BCUT2D eigenvalue weighted by Gasteiger charge is -2.49. The first-order valence-electron chi connectivity index (χ1n) is 7.67. The van der Waals surface area contributed by atoms with Gasteiger partial charge in [-0.1, -0.05) is 0 Å². The summed E-state index contributed by atoms with van der Waals surface area (Å²) in [4.78, 5) is 14.3. The van der Waals surface area contributed by atoms with Crippen LogP contribution in [0.1, 0.15) is 33.1 Å². The van der Waals surface area contributed by atoms with Gasteiger partial charge in [-0.05, 0) is 51.6 Å². The fourth-order valence-corrected chi connectivity index (χ4v) is 3.47. The number of piperidine rings is 1. The van der Waals surface area contributed by atoms with Crippen LogP contribution in [-0.2, 0) is 14.3 Å². The second kappa shape index (κ2) is 6.87. The van der Waals surface area contributed by atoms with Gasteiger partial charge < -0.3 is 19.7 Å². The minimum atomic E-state index is -0.0336. The maximum Gasteiger partial charge on any atom is 0.246 e. The monoisotopic (exact) mass is 284 g/mol. The number of carbonyl (C=O) groups is 1. The van der Waals surface area contributed by atoms with E-state index >= 15 is 0 Å². The standard InChI is InChI=1S/C15H28N2O3/c1-12(2)17-7-4-15(5-8-17)6-9-20-10-13(15)16-14(18)11-19-3/h12-13H,4-11H2,1-3H3,(H,16,18). The van der Waals surface area contributed by atoms with Crippen LogP contribution in [0.4, 0.5) is 0 Å². The molecule has 1 amide bonds. The summed E-state index contributed by atoms with van der Waals surface area (Å²) in [7, 11) is 1.55. The summed E-state index contributed by atoms with van der Waals surface area (Å²) in [5, 5.41) is 3.12. The molecule has 5 nitrogen and oxygen atoms in total. The summed E-state index contributed by atoms with van der Waals surface area (Å²) < 4.78 is 10.5. The highest BCUT2D eigenvalue weighted by Gasteiger charge is 2.44. The van der Waals surface area contributed by atoms with Crippen molar-refractivity contribution in [1.29, 1.82) is 0 Å². The molecule has 1 atom stereocenters. The quantitative estimate of drug-likeness (QED) is 0.838. The van der Waals surface area contributed by atoms with Crippen molar-refractivity contribution in [1.82, 2.24) is 10.2 Å². The van der Waals surface area contributed by atoms with Crippen LogP contribution in [0.3, 0.4) is 0 Å². The van der Waals surface area contributed by atoms with E-state index in [1.807, 2.05) is 0 Å². The molecule has 0 aromatic heterocycles. The predicted octanol–water partition coefficient (Wildman–Crippen LogP) is 1.03. The molecule has 1 spiro atoms. The third kappa shape index (κ3) is 3.51. The van der Waals surface area contributed by atoms with Gasteiger partial charge in [-0.3, -0.25) is 4.79 Å². The van der Waals surface area contributed by atoms with Crippen LogP contribution in [0.2, 0.25) is 0 Å². The molecule has 0 bridgehead atoms. The predicted molar refractivity (Wildman–Crippen MR) is 77.6 cm³/mol. The normalized spacial score (nSPS) is 26.9. The third-order valence-electron chi connectivity index (χ3n) is 4.90. The van der Waals surface area contributed by atoms with Crippen LogP contribution in [0.25, 0.3) is 0 Å². The lowest BCUT2D eigenvalue weighted by Crippen LogP contribution is -2.58. The van der Waals surface area contributed by atoms with E-state index in [0.717, 1.165) is 39.0 Å². The molecule has 0 aromatic carbocycles. The van der Waals surface area contributed by atoms with Crippen LogP contribution in [0.15, 0.2) is 0 Å². The summed E-state index contributed by atoms with van der Waals surface area (Å²) >= 11 is 0. The minimum absolute atomic E-state index is 0.0336. The van der Waals surface area contributed by atoms with Crippen molar-refractivity contribution >= 4 is 5.91 Å². The Morgan fingerprint density at radius 3 is 2.70 bits per heavy atom. The Balaban J connectivity index is 1.98. The second-order valence-electron chi connectivity index (χ2n) is 6.37. The first-order valence-corrected chi connectivity index (χ1v) is 7.67. The molecule has 0 radical (unpaired) electrons. The van der Waals surface area contributed by atoms with Crippen LogP contribution in [0.5, 0.6) is 0 Å². The first-order chi connectivity index (χ1) is 9.57. The largest absolute Gasteiger partial charge is 0.379 e. The molecular weight excluding hydrogens is 256 g/mol. The Kier molecular flexibility index (Phi) is 5.41. The van der Waals surface area contributed by atoms with E-state index < -0.39 is 0 Å². The number of nitrogens with zero attached hydrogens (tertiary/aromatic N) is 1. The summed E-state index contributed by atoms with van der Waals surface area (Å²) in [6, 6.07) is 0.738. The van der Waals surface area contributed by atoms with Gasteiger partial charge in [0.15, 0.2) is 0 Å². The smallest absolute Gasteiger partial charge is 0.246 e. The Hall–Kier alpha value is -0.650. The number of carbonyl (C=O) groups excluding carboxylic acids is 1. The number of hydrogen-bond acceptors (Lipinski definition) is 4. The number of hydrogen-bond donors (Lipinski definition) is 1. The van der Waals surface area contributed by atoms with Crippen molar-refractivity contribution in [3.05, 3.63) is 0 Å². The molecule has 1 N–H and O–H groups in total. The lowest BCUT2D eigenvalue weighted by molar-refractivity contribution is -0.130. The van der Waals surface area contributed by atoms with Crippen molar-refractivity contribution in [3.63, 3.8) is 0 Å². The van der Waals surface area contributed by atoms with Crippen LogP contribution >= 0.6 is 0 Å². The summed E-state index contributed by atoms with van der Waals surface area (Å²) in [5.41, 5.74) is 0.215. The van der Waals surface area contributed by atoms with Gasteiger partial charge >= 0.3 is 0 Å². The molecule has 0 saturated carbocycles. The molecule has 5 heteroatoms. The molecule has 2 saturated heterocycles. The minimum Gasteiger partial charge on any atom is -0.379 e. The van der Waals surface area contributed by atoms with Gasteiger partial charge in [0.1, 0.15) is 6.61 Å². The first kappa shape index (κ1) is 15.7. The third-order valence-corrected chi connectivity index (χ3v) is 4.90. The molecule has 20 heavy (non-hydrogen) atoms. The zero-order chi connectivity index (χ0) is 14.6. The molecular formula is C15H28N2O3. The molecule has 2 aliphatic heterocycles. The molecule has 0 aromatic rings. The molecule has 2 fully saturated rings. The van der Waals surface area contributed by atoms with E-state index in [2.05, 4.69) is 24.1 Å². The second-order valence-corrected chi connectivity index (χ2v) is 6.37. The van der Waals surface area contributed by atoms with Crippen LogP contribution < -0.4 is 5.32 Å². The highest BCUT2D eigenvalue weighted by Crippen LogP contribution is 2.41. The summed E-state index contributed by atoms with van der Waals surface area (Å²) in [6.45, 7) is 8.32. The summed E-state index contributed by atoms with van der Waals surface area (Å²) in [5.74, 6) is -0.0336. The van der Waals surface area contributed by atoms with Crippen LogP contribution in [-0.4, -0.2) is 62.9 Å². The lowest BCUT2D eigenvalue weighted by atomic mass is 9.69. The number of methoxy groups -OCH3 is 1. The van der Waals surface area contributed by atoms with E-state index in [1.165, 1.54) is 0 Å². The van der Waals surface area contributed by atoms with Gasteiger partial charge in [-0.25, -0.2) is 0 Å². The Labute approximate surface area is 122 Å². The van der Waals surface area contributed by atoms with E-state index in [9.17, 15) is 4.79 Å². The molecule has 2 aliphatic rings. The topological polar surface area (TPSA) is 50.8 Å². The number of amides is 1. The van der Waals surface area contributed by atoms with Crippen molar-refractivity contribution in [2.45, 2.75) is 45.2 Å². The van der Waals surface area contributed by atoms with Gasteiger partial charge in [0.25, 0.3) is 0 Å². The van der Waals surface area contributed by atoms with Gasteiger partial charge in [0, 0.05) is 19.8 Å². The Morgan fingerprint density at radius 1 is 1.40 bits per heavy atom. The number of likely N-dealkylation sites (tertiary alicyclic amines) is 1. The highest BCUT2D eigenvalue weighted by atomic mass is 16.5. The fourth-order valence-electron chi connectivity index (χ4n) is 3.47. The molecule has 1 unspecified atom stereocenters. The maximum absolute atomic E-state index is 11.8. The average molecular weight is 284 g/mol. The van der Waals surface area contributed by atoms with Crippen molar-refractivity contribution in [2.75, 3.05) is 40.0 Å². The maximum atomic E-state index is 11.8. The van der Waals surface area contributed by atoms with Gasteiger partial charge in [-0.2, -0.15) is 0 Å². The van der Waals surface area contributed by atoms with Crippen molar-refractivity contribution < 1.29 is 14.3 Å². The van der Waals surface area contributed by atoms with Gasteiger partial charge in [0.05, 0.1) is 12.6 Å². The number of nitrogens with one attached hydrogen (secondary N) is 1. The Bertz CT molecular complexity index is 325. The highest BCUT2D eigenvalue weighted by molar-refractivity contribution is 5.77. The molecule has 2 rings (SSSR count). The van der Waals surface area contributed by atoms with E-state index in [4.69, 9.17) is 9.47 Å². The van der Waals surface area contributed by atoms with E-state index in [0.29, 0.717) is 12.6 Å². The number of ether oxygens (including phenoxy) is 2. The molecule has 0 aliphatic carbocycles. The van der Waals surface area contributed by atoms with Crippen molar-refractivity contribution in [2.24, 2.45) is 5.41 Å². The van der Waals surface area contributed by atoms with Crippen LogP contribution in [0, 0.1) is 5.41 Å². The molecule has 2 heterocycles. The Morgan fingerprint density at radius 2 is 2.10 bits per heavy atom. The van der Waals surface area contributed by atoms with Crippen molar-refractivity contribution in [3.8, 4) is 0 Å². The summed E-state index contributed by atoms with van der Waals surface area (Å²) in [6.07, 6.45) is 3.34. The number of rotatable bonds is 4. The van der Waals surface area contributed by atoms with E-state index in [1.54, 1.807) is 7.11 Å². The van der Waals surface area contributed by atoms with Gasteiger partial charge in [-0.15, -0.1) is 0 Å².